The molecule has 8 atom stereocenters. The van der Waals surface area contributed by atoms with E-state index in [9.17, 15) is 34.5 Å². The minimum absolute atomic E-state index is 0.0937. The maximum absolute atomic E-state index is 12.1. The van der Waals surface area contributed by atoms with E-state index in [1.54, 1.807) is 18.4 Å². The van der Waals surface area contributed by atoms with Crippen LogP contribution in [0, 0.1) is 0 Å². The number of rotatable bonds is 22. The number of hydrogen-bond donors (Lipinski definition) is 7. The van der Waals surface area contributed by atoms with Gasteiger partial charge < -0.3 is 69.3 Å². The smallest absolute Gasteiger partial charge is 0.394 e. The Bertz CT molecular complexity index is 1400. The molecule has 1 amide bonds. The zero-order chi connectivity index (χ0) is 37.0. The van der Waals surface area contributed by atoms with Crippen LogP contribution in [-0.2, 0) is 47.0 Å². The number of phosphoric acid groups is 1. The lowest BCUT2D eigenvalue weighted by Crippen LogP contribution is -2.50. The van der Waals surface area contributed by atoms with Crippen molar-refractivity contribution in [3.63, 3.8) is 0 Å². The number of hydrogen-bond acceptors (Lipinski definition) is 17. The van der Waals surface area contributed by atoms with Crippen molar-refractivity contribution in [3.05, 3.63) is 12.7 Å². The molecule has 22 heteroatoms. The molecule has 51 heavy (non-hydrogen) atoms. The van der Waals surface area contributed by atoms with Gasteiger partial charge in [-0.3, -0.25) is 13.9 Å². The van der Waals surface area contributed by atoms with Gasteiger partial charge in [-0.15, -0.1) is 0 Å². The quantitative estimate of drug-likeness (QED) is 0.0418. The first-order valence-electron chi connectivity index (χ1n) is 16.6. The van der Waals surface area contributed by atoms with Crippen LogP contribution in [-0.4, -0.2) is 153 Å². The predicted molar refractivity (Wildman–Crippen MR) is 173 cm³/mol. The summed E-state index contributed by atoms with van der Waals surface area (Å²) in [5.41, 5.74) is 6.63. The van der Waals surface area contributed by atoms with Crippen molar-refractivity contribution in [1.82, 2.24) is 24.8 Å². The number of fused-ring (bicyclic) bond motifs is 1. The number of anilines is 1. The van der Waals surface area contributed by atoms with Gasteiger partial charge in [0.05, 0.1) is 51.6 Å². The fourth-order valence-corrected chi connectivity index (χ4v) is 5.82. The third kappa shape index (κ3) is 12.6. The Kier molecular flexibility index (Phi) is 16.3. The van der Waals surface area contributed by atoms with E-state index >= 15 is 0 Å². The Hall–Kier alpha value is -2.47. The number of phosphoric ester groups is 1. The van der Waals surface area contributed by atoms with Gasteiger partial charge in [0, 0.05) is 26.0 Å². The van der Waals surface area contributed by atoms with E-state index < -0.39 is 70.2 Å². The maximum atomic E-state index is 12.1. The number of imidazole rings is 1. The van der Waals surface area contributed by atoms with Gasteiger partial charge in [0.2, 0.25) is 5.91 Å². The maximum Gasteiger partial charge on any atom is 0.469 e. The highest BCUT2D eigenvalue weighted by atomic mass is 31.2. The van der Waals surface area contributed by atoms with Gasteiger partial charge in [0.15, 0.2) is 24.0 Å². The van der Waals surface area contributed by atoms with Crippen LogP contribution >= 0.6 is 7.82 Å². The molecule has 2 aliphatic heterocycles. The number of aliphatic hydroxyl groups excluding tert-OH is 3. The number of unbranched alkanes of at least 4 members (excludes halogenated alkanes) is 1. The molecule has 2 aliphatic rings. The largest absolute Gasteiger partial charge is 0.469 e. The molecule has 8 N–H and O–H groups in total. The molecule has 4 rings (SSSR count). The lowest BCUT2D eigenvalue weighted by atomic mass is 10.0. The van der Waals surface area contributed by atoms with Gasteiger partial charge in [0.1, 0.15) is 49.2 Å². The normalized spacial score (nSPS) is 27.1. The number of carbonyl (C=O) groups excluding carboxylic acids is 1. The summed E-state index contributed by atoms with van der Waals surface area (Å²) in [6, 6.07) is 0. The number of carbonyl (C=O) groups is 1. The van der Waals surface area contributed by atoms with Crippen molar-refractivity contribution >= 4 is 30.7 Å². The predicted octanol–water partition coefficient (Wildman–Crippen LogP) is -1.28. The third-order valence-electron chi connectivity index (χ3n) is 7.88. The Morgan fingerprint density at radius 2 is 1.84 bits per heavy atom. The van der Waals surface area contributed by atoms with E-state index in [2.05, 4.69) is 20.3 Å². The summed E-state index contributed by atoms with van der Waals surface area (Å²) in [4.78, 5) is 43.2. The van der Waals surface area contributed by atoms with E-state index in [4.69, 9.17) is 43.4 Å². The van der Waals surface area contributed by atoms with E-state index in [0.29, 0.717) is 37.2 Å². The molecule has 21 nitrogen and oxygen atoms in total. The Morgan fingerprint density at radius 1 is 1.06 bits per heavy atom. The number of ether oxygens (including phenoxy) is 7. The summed E-state index contributed by atoms with van der Waals surface area (Å²) in [6.45, 7) is 3.67. The lowest BCUT2D eigenvalue weighted by molar-refractivity contribution is -0.256. The van der Waals surface area contributed by atoms with Crippen molar-refractivity contribution in [2.45, 2.75) is 94.8 Å². The molecule has 0 spiro atoms. The van der Waals surface area contributed by atoms with Gasteiger partial charge in [-0.05, 0) is 26.7 Å². The monoisotopic (exact) mass is 752 g/mol. The minimum Gasteiger partial charge on any atom is -0.394 e. The topological polar surface area (TPSA) is 291 Å². The van der Waals surface area contributed by atoms with Gasteiger partial charge in [-0.2, -0.15) is 0 Å². The third-order valence-corrected chi connectivity index (χ3v) is 8.37. The lowest BCUT2D eigenvalue weighted by Gasteiger charge is -2.36. The summed E-state index contributed by atoms with van der Waals surface area (Å²) in [6.07, 6.45) is -3.46. The zero-order valence-electron chi connectivity index (χ0n) is 28.5. The van der Waals surface area contributed by atoms with Gasteiger partial charge >= 0.3 is 7.82 Å². The fourth-order valence-electron chi connectivity index (χ4n) is 5.48. The second-order valence-electron chi connectivity index (χ2n) is 12.1. The summed E-state index contributed by atoms with van der Waals surface area (Å²) in [5, 5.41) is 31.6. The fraction of sp³-hybridized carbons (Fsp3) is 0.793. The van der Waals surface area contributed by atoms with Gasteiger partial charge in [-0.25, -0.2) is 19.5 Å². The molecule has 2 aromatic rings. The molecule has 0 aliphatic carbocycles. The zero-order valence-corrected chi connectivity index (χ0v) is 29.4. The Labute approximate surface area is 293 Å². The number of nitrogen functional groups attached to an aromatic ring is 1. The van der Waals surface area contributed by atoms with Crippen LogP contribution in [0.3, 0.4) is 0 Å². The second kappa shape index (κ2) is 20.1. The Morgan fingerprint density at radius 3 is 2.59 bits per heavy atom. The highest BCUT2D eigenvalue weighted by molar-refractivity contribution is 7.46. The first kappa shape index (κ1) is 41.3. The molecule has 0 aromatic carbocycles. The van der Waals surface area contributed by atoms with Crippen molar-refractivity contribution in [3.8, 4) is 0 Å². The van der Waals surface area contributed by atoms with Gasteiger partial charge in [-0.1, -0.05) is 0 Å². The molecule has 0 unspecified atom stereocenters. The standard InChI is InChI=1S/C29H49N6O15P/c1-17(2)48-25-20(13-47-51(40,41)42)50-29(35-15-34-23-27(30)32-14-33-28(23)35)26(25)46-16-44-10-9-43-8-6-31-21(38)5-3-4-7-45-22-11-18(37)24(39)19(12-36)49-22/h14-15,17-20,22,24-26,29,36-37,39H,3-13,16H2,1-2H3,(H,31,38)(H2,30,32,33)(H2,40,41,42)/t18-,19-,20-,22-,24-,25-,26-,29-/m1/s1. The van der Waals surface area contributed by atoms with Crippen LogP contribution in [0.25, 0.3) is 11.2 Å². The van der Waals surface area contributed by atoms with Crippen molar-refractivity contribution < 1.29 is 72.1 Å². The Balaban J connectivity index is 1.14. The van der Waals surface area contributed by atoms with Crippen molar-refractivity contribution in [2.24, 2.45) is 0 Å². The molecule has 2 fully saturated rings. The van der Waals surface area contributed by atoms with E-state index in [0.717, 1.165) is 0 Å². The SMILES string of the molecule is CC(C)O[C@H]1[C@@H](OCOCCOCCNC(=O)CCCCO[C@H]2C[C@@H](O)[C@@H](O)[C@@H](CO)O2)[C@H](n2cnc3c(N)ncnc32)O[C@@H]1COP(=O)(O)O. The molecule has 290 valence electrons. The number of amides is 1. The number of aromatic nitrogens is 4. The molecule has 0 bridgehead atoms. The molecule has 0 radical (unpaired) electrons. The number of nitrogens with one attached hydrogen (secondary N) is 1. The van der Waals surface area contributed by atoms with E-state index in [-0.39, 0.29) is 57.3 Å². The highest BCUT2D eigenvalue weighted by Crippen LogP contribution is 2.41. The number of nitrogens with zero attached hydrogens (tertiary/aromatic N) is 4. The van der Waals surface area contributed by atoms with Crippen molar-refractivity contribution in [2.75, 3.05) is 58.7 Å². The first-order valence-corrected chi connectivity index (χ1v) is 18.1. The highest BCUT2D eigenvalue weighted by Gasteiger charge is 2.49. The number of aliphatic hydroxyl groups is 3. The minimum atomic E-state index is -4.81. The molecule has 2 saturated heterocycles. The summed E-state index contributed by atoms with van der Waals surface area (Å²) in [7, 11) is -4.81. The summed E-state index contributed by atoms with van der Waals surface area (Å²) < 4.78 is 58.1. The van der Waals surface area contributed by atoms with Crippen LogP contribution in [0.4, 0.5) is 5.82 Å². The molecular formula is C29H49N6O15P. The van der Waals surface area contributed by atoms with E-state index in [1.165, 1.54) is 12.7 Å². The van der Waals surface area contributed by atoms with E-state index in [1.807, 2.05) is 0 Å². The second-order valence-corrected chi connectivity index (χ2v) is 13.4. The first-order chi connectivity index (χ1) is 24.4. The molecular weight excluding hydrogens is 703 g/mol. The van der Waals surface area contributed by atoms with Crippen molar-refractivity contribution in [1.29, 1.82) is 0 Å². The van der Waals surface area contributed by atoms with Crippen LogP contribution in [0.2, 0.25) is 0 Å². The van der Waals surface area contributed by atoms with Gasteiger partial charge in [0.25, 0.3) is 0 Å². The van der Waals surface area contributed by atoms with Crippen LogP contribution < -0.4 is 11.1 Å². The summed E-state index contributed by atoms with van der Waals surface area (Å²) >= 11 is 0. The molecule has 4 heterocycles. The van der Waals surface area contributed by atoms with Crippen LogP contribution in [0.1, 0.15) is 45.8 Å². The average molecular weight is 753 g/mol. The molecule has 2 aromatic heterocycles. The van der Waals surface area contributed by atoms with Crippen LogP contribution in [0.15, 0.2) is 12.7 Å². The van der Waals surface area contributed by atoms with Crippen LogP contribution in [0.5, 0.6) is 0 Å². The average Bonchev–Trinajstić information content (AvgIpc) is 3.65. The molecule has 0 saturated carbocycles. The summed E-state index contributed by atoms with van der Waals surface area (Å²) in [5.74, 6) is 0.0105. The number of nitrogens with two attached hydrogens (primary N) is 1.